The summed E-state index contributed by atoms with van der Waals surface area (Å²) in [5.74, 6) is -0.162. The maximum atomic E-state index is 13.4. The van der Waals surface area contributed by atoms with Crippen molar-refractivity contribution in [2.75, 3.05) is 13.1 Å². The van der Waals surface area contributed by atoms with Gasteiger partial charge >= 0.3 is 6.18 Å². The number of halogens is 4. The van der Waals surface area contributed by atoms with Crippen molar-refractivity contribution in [3.8, 4) is 0 Å². The van der Waals surface area contributed by atoms with Crippen LogP contribution in [-0.4, -0.2) is 41.2 Å². The first-order valence-corrected chi connectivity index (χ1v) is 9.36. The third-order valence-corrected chi connectivity index (χ3v) is 6.16. The highest BCUT2D eigenvalue weighted by Crippen LogP contribution is 2.35. The van der Waals surface area contributed by atoms with Gasteiger partial charge in [-0.05, 0) is 55.3 Å². The number of nitrogens with zero attached hydrogens (tertiary/aromatic N) is 1. The summed E-state index contributed by atoms with van der Waals surface area (Å²) in [7, 11) is 0. The molecule has 4 rings (SSSR count). The molecule has 2 aromatic heterocycles. The first kappa shape index (κ1) is 20.3. The van der Waals surface area contributed by atoms with Gasteiger partial charge in [0.25, 0.3) is 5.91 Å². The highest BCUT2D eigenvalue weighted by molar-refractivity contribution is 7.17. The molecule has 0 unspecified atom stereocenters. The fourth-order valence-electron chi connectivity index (χ4n) is 3.98. The fraction of sp³-hybridized carbons (Fsp3) is 0.529. The zero-order valence-corrected chi connectivity index (χ0v) is 15.8. The lowest BCUT2D eigenvalue weighted by Gasteiger charge is -2.35. The normalized spacial score (nSPS) is 27.9. The molecule has 1 saturated heterocycles. The molecule has 4 atom stereocenters. The molecule has 1 aliphatic heterocycles. The Bertz CT molecular complexity index is 844. The van der Waals surface area contributed by atoms with Gasteiger partial charge in [-0.1, -0.05) is 0 Å². The van der Waals surface area contributed by atoms with Gasteiger partial charge in [-0.15, -0.1) is 23.7 Å². The lowest BCUT2D eigenvalue weighted by molar-refractivity contribution is -0.141. The van der Waals surface area contributed by atoms with Crippen LogP contribution < -0.4 is 10.6 Å². The summed E-state index contributed by atoms with van der Waals surface area (Å²) in [6.45, 7) is 1.64. The number of aliphatic hydroxyl groups is 1. The minimum absolute atomic E-state index is 0. The molecular weight excluding hydrogens is 403 g/mol. The van der Waals surface area contributed by atoms with Crippen LogP contribution in [0.25, 0.3) is 10.2 Å². The van der Waals surface area contributed by atoms with E-state index in [1.807, 2.05) is 0 Å². The number of aromatic nitrogens is 1. The number of amides is 1. The van der Waals surface area contributed by atoms with E-state index >= 15 is 0 Å². The van der Waals surface area contributed by atoms with Crippen LogP contribution in [0.2, 0.25) is 0 Å². The molecule has 3 N–H and O–H groups in total. The van der Waals surface area contributed by atoms with Crippen molar-refractivity contribution < 1.29 is 23.1 Å². The van der Waals surface area contributed by atoms with Crippen molar-refractivity contribution in [3.05, 3.63) is 28.8 Å². The highest BCUT2D eigenvalue weighted by Gasteiger charge is 2.41. The van der Waals surface area contributed by atoms with Crippen molar-refractivity contribution in [2.45, 2.75) is 31.2 Å². The molecule has 2 aliphatic rings. The van der Waals surface area contributed by atoms with E-state index in [1.165, 1.54) is 23.5 Å². The Morgan fingerprint density at radius 2 is 2.00 bits per heavy atom. The van der Waals surface area contributed by atoms with Gasteiger partial charge in [0.1, 0.15) is 0 Å². The van der Waals surface area contributed by atoms with E-state index in [0.29, 0.717) is 29.4 Å². The topological polar surface area (TPSA) is 74.2 Å². The van der Waals surface area contributed by atoms with Crippen molar-refractivity contribution in [1.82, 2.24) is 15.6 Å². The largest absolute Gasteiger partial charge is 0.434 e. The van der Waals surface area contributed by atoms with E-state index in [9.17, 15) is 23.1 Å². The minimum atomic E-state index is -4.73. The van der Waals surface area contributed by atoms with E-state index < -0.39 is 35.5 Å². The number of fused-ring (bicyclic) bond motifs is 2. The molecule has 1 aliphatic carbocycles. The van der Waals surface area contributed by atoms with Gasteiger partial charge in [0.2, 0.25) is 0 Å². The summed E-state index contributed by atoms with van der Waals surface area (Å²) >= 11 is 1.23. The van der Waals surface area contributed by atoms with Gasteiger partial charge in [-0.25, -0.2) is 4.98 Å². The van der Waals surface area contributed by atoms with Crippen LogP contribution in [-0.2, 0) is 6.18 Å². The van der Waals surface area contributed by atoms with Crippen LogP contribution in [0.5, 0.6) is 0 Å². The Hall–Kier alpha value is -1.42. The summed E-state index contributed by atoms with van der Waals surface area (Å²) in [6.07, 6.45) is -4.39. The average molecular weight is 422 g/mol. The van der Waals surface area contributed by atoms with Crippen molar-refractivity contribution >= 4 is 39.9 Å². The van der Waals surface area contributed by atoms with Crippen molar-refractivity contribution in [1.29, 1.82) is 0 Å². The second kappa shape index (κ2) is 7.54. The molecule has 0 radical (unpaired) electrons. The van der Waals surface area contributed by atoms with E-state index in [0.717, 1.165) is 13.1 Å². The molecule has 0 aromatic carbocycles. The van der Waals surface area contributed by atoms with E-state index in [4.69, 9.17) is 0 Å². The molecule has 1 saturated carbocycles. The molecule has 5 nitrogen and oxygen atoms in total. The molecule has 0 spiro atoms. The predicted molar refractivity (Wildman–Crippen MR) is 98.2 cm³/mol. The number of thiophene rings is 1. The summed E-state index contributed by atoms with van der Waals surface area (Å²) in [5.41, 5.74) is -1.46. The zero-order valence-electron chi connectivity index (χ0n) is 14.1. The van der Waals surface area contributed by atoms with Gasteiger partial charge in [0.15, 0.2) is 5.69 Å². The fourth-order valence-corrected chi connectivity index (χ4v) is 4.75. The number of alkyl halides is 3. The smallest absolute Gasteiger partial charge is 0.391 e. The summed E-state index contributed by atoms with van der Waals surface area (Å²) < 4.78 is 40.7. The number of pyridine rings is 1. The number of carbonyl (C=O) groups is 1. The molecule has 3 heterocycles. The average Bonchev–Trinajstić information content (AvgIpc) is 3.21. The predicted octanol–water partition coefficient (Wildman–Crippen LogP) is 2.83. The highest BCUT2D eigenvalue weighted by atomic mass is 35.5. The lowest BCUT2D eigenvalue weighted by atomic mass is 9.77. The molecule has 27 heavy (non-hydrogen) atoms. The van der Waals surface area contributed by atoms with Gasteiger partial charge < -0.3 is 15.7 Å². The van der Waals surface area contributed by atoms with Crippen LogP contribution in [0.4, 0.5) is 13.2 Å². The third kappa shape index (κ3) is 3.91. The van der Waals surface area contributed by atoms with Gasteiger partial charge in [0, 0.05) is 0 Å². The van der Waals surface area contributed by atoms with Crippen LogP contribution in [0.3, 0.4) is 0 Å². The van der Waals surface area contributed by atoms with Crippen molar-refractivity contribution in [3.63, 3.8) is 0 Å². The van der Waals surface area contributed by atoms with Crippen LogP contribution >= 0.6 is 23.7 Å². The molecule has 2 fully saturated rings. The SMILES string of the molecule is Cl.O=C(N[C@H]1C[C@H]2CNC[C@H]2C[C@@H]1O)c1cc2sccc2nc1C(F)(F)F. The Balaban J connectivity index is 0.00000210. The second-order valence-electron chi connectivity index (χ2n) is 6.98. The van der Waals surface area contributed by atoms with Crippen LogP contribution in [0, 0.1) is 11.8 Å². The van der Waals surface area contributed by atoms with Crippen LogP contribution in [0.1, 0.15) is 28.9 Å². The quantitative estimate of drug-likeness (QED) is 0.697. The van der Waals surface area contributed by atoms with E-state index in [-0.39, 0.29) is 17.9 Å². The first-order valence-electron chi connectivity index (χ1n) is 8.48. The summed E-state index contributed by atoms with van der Waals surface area (Å²) in [6, 6.07) is 2.18. The second-order valence-corrected chi connectivity index (χ2v) is 7.93. The number of carbonyl (C=O) groups excluding carboxylic acids is 1. The van der Waals surface area contributed by atoms with Gasteiger partial charge in [-0.2, -0.15) is 13.2 Å². The molecule has 2 aromatic rings. The number of rotatable bonds is 2. The van der Waals surface area contributed by atoms with E-state index in [1.54, 1.807) is 5.38 Å². The van der Waals surface area contributed by atoms with Gasteiger partial charge in [-0.3, -0.25) is 4.79 Å². The Kier molecular flexibility index (Phi) is 5.67. The molecule has 10 heteroatoms. The maximum Gasteiger partial charge on any atom is 0.434 e. The Labute approximate surface area is 163 Å². The molecular formula is C17H19ClF3N3O2S. The Morgan fingerprint density at radius 3 is 2.70 bits per heavy atom. The minimum Gasteiger partial charge on any atom is -0.391 e. The number of nitrogens with one attached hydrogen (secondary N) is 2. The molecule has 0 bridgehead atoms. The molecule has 1 amide bonds. The standard InChI is InChI=1S/C17H18F3N3O2S.ClH/c18-17(19,20)15-10(5-14-11(22-15)1-2-26-14)16(25)23-12-3-8-6-21-7-9(8)4-13(12)24;/h1-2,5,8-9,12-13,21,24H,3-4,6-7H2,(H,23,25);1H/t8-,9+,12-,13-;/m0./s1. The van der Waals surface area contributed by atoms with Gasteiger partial charge in [0.05, 0.1) is 27.9 Å². The zero-order chi connectivity index (χ0) is 18.5. The number of hydrogen-bond donors (Lipinski definition) is 3. The number of aliphatic hydroxyl groups excluding tert-OH is 1. The monoisotopic (exact) mass is 421 g/mol. The van der Waals surface area contributed by atoms with Crippen LogP contribution in [0.15, 0.2) is 17.5 Å². The number of hydrogen-bond acceptors (Lipinski definition) is 5. The lowest BCUT2D eigenvalue weighted by Crippen LogP contribution is -2.49. The third-order valence-electron chi connectivity index (χ3n) is 5.31. The van der Waals surface area contributed by atoms with Crippen molar-refractivity contribution in [2.24, 2.45) is 11.8 Å². The van der Waals surface area contributed by atoms with E-state index in [2.05, 4.69) is 15.6 Å². The molecule has 148 valence electrons. The summed E-state index contributed by atoms with van der Waals surface area (Å²) in [5, 5.41) is 17.8. The first-order chi connectivity index (χ1) is 12.3. The Morgan fingerprint density at radius 1 is 1.30 bits per heavy atom. The maximum absolute atomic E-state index is 13.4. The summed E-state index contributed by atoms with van der Waals surface area (Å²) in [4.78, 5) is 16.3.